The largest absolute Gasteiger partial charge is 0.305 e. The first-order chi connectivity index (χ1) is 64.6. The van der Waals surface area contributed by atoms with Crippen LogP contribution in [0, 0.1) is 68.2 Å². The molecule has 0 aliphatic carbocycles. The normalized spacial score (nSPS) is 10.9. The molecular formula is C119H93FIr4N8-8. The van der Waals surface area contributed by atoms with Crippen LogP contribution in [-0.4, -0.2) is 39.9 Å². The average Bonchev–Trinajstić information content (AvgIpc) is 0.760. The molecule has 660 valence electrons. The smallest absolute Gasteiger partial charge is 0.123 e. The number of benzene rings is 12. The van der Waals surface area contributed by atoms with Crippen molar-refractivity contribution in [3.8, 4) is 135 Å². The fourth-order valence-corrected chi connectivity index (χ4v) is 13.3. The third kappa shape index (κ3) is 31.3. The van der Waals surface area contributed by atoms with Gasteiger partial charge in [-0.1, -0.05) is 197 Å². The molecule has 0 amide bonds. The van der Waals surface area contributed by atoms with Gasteiger partial charge in [0.25, 0.3) is 0 Å². The molecule has 0 aliphatic rings. The molecule has 132 heavy (non-hydrogen) atoms. The van der Waals surface area contributed by atoms with E-state index in [1.54, 1.807) is 55.2 Å². The van der Waals surface area contributed by atoms with E-state index in [2.05, 4.69) is 151 Å². The van der Waals surface area contributed by atoms with Gasteiger partial charge in [-0.3, -0.25) is 0 Å². The molecule has 4 radical (unpaired) electrons. The van der Waals surface area contributed by atoms with Crippen LogP contribution in [0.25, 0.3) is 135 Å². The van der Waals surface area contributed by atoms with Crippen LogP contribution in [0.4, 0.5) is 4.39 Å². The summed E-state index contributed by atoms with van der Waals surface area (Å²) in [6.45, 7) is 5.30. The topological polar surface area (TPSA) is 103 Å². The predicted octanol–water partition coefficient (Wildman–Crippen LogP) is 29.5. The minimum absolute atomic E-state index is 0. The number of hydrogen-bond acceptors (Lipinski definition) is 8. The van der Waals surface area contributed by atoms with Crippen molar-refractivity contribution in [2.75, 3.05) is 0 Å². The molecule has 12 aromatic carbocycles. The predicted molar refractivity (Wildman–Crippen MR) is 523 cm³/mol. The molecule has 13 heteroatoms. The average molecular weight is 2430 g/mol. The summed E-state index contributed by atoms with van der Waals surface area (Å²) in [5.74, 6) is -1.99. The summed E-state index contributed by atoms with van der Waals surface area (Å²) in [7, 11) is 0. The molecule has 0 spiro atoms. The van der Waals surface area contributed by atoms with Gasteiger partial charge in [-0.25, -0.2) is 4.39 Å². The minimum Gasteiger partial charge on any atom is -0.305 e. The number of halogens is 1. The van der Waals surface area contributed by atoms with Crippen LogP contribution in [0.2, 0.25) is 0 Å². The fourth-order valence-electron chi connectivity index (χ4n) is 13.3. The Hall–Kier alpha value is -13.6. The molecule has 8 heterocycles. The van der Waals surface area contributed by atoms with Crippen molar-refractivity contribution in [3.05, 3.63) is 533 Å². The summed E-state index contributed by atoms with van der Waals surface area (Å²) in [5, 5.41) is 0. The summed E-state index contributed by atoms with van der Waals surface area (Å²) in [6, 6.07) is 156. The second-order valence-corrected chi connectivity index (χ2v) is 28.8. The number of aromatic nitrogens is 8. The van der Waals surface area contributed by atoms with Crippen molar-refractivity contribution in [2.45, 2.75) is 46.9 Å². The second kappa shape index (κ2) is 56.1. The van der Waals surface area contributed by atoms with Crippen LogP contribution < -0.4 is 0 Å². The quantitative estimate of drug-likeness (QED) is 0.0992. The van der Waals surface area contributed by atoms with Gasteiger partial charge >= 0.3 is 0 Å². The van der Waals surface area contributed by atoms with Crippen LogP contribution in [0.3, 0.4) is 0 Å². The van der Waals surface area contributed by atoms with E-state index in [1.165, 1.54) is 52.4 Å². The molecule has 0 bridgehead atoms. The summed E-state index contributed by atoms with van der Waals surface area (Å²) < 4.78 is 45.0. The van der Waals surface area contributed by atoms with E-state index in [-0.39, 0.29) is 86.2 Å². The van der Waals surface area contributed by atoms with Crippen molar-refractivity contribution < 1.29 is 90.3 Å². The van der Waals surface area contributed by atoms with E-state index in [0.717, 1.165) is 113 Å². The first-order valence-corrected chi connectivity index (χ1v) is 41.9. The van der Waals surface area contributed by atoms with Crippen LogP contribution in [-0.2, 0) is 86.8 Å². The monoisotopic (exact) mass is 2430 g/mol. The van der Waals surface area contributed by atoms with Gasteiger partial charge in [0.1, 0.15) is 5.82 Å². The molecule has 1 unspecified atom stereocenters. The Labute approximate surface area is 837 Å². The standard InChI is InChI=1S/C20H18N.C19H16N.C18H13FN.C18H14N.4C11H8N.4Ir/c1-15(2)18-13-20(17-11-7-4-8-12-17)21-14-19(18)16-9-5-3-6-10-16;1-2-15-13-19(17-11-7-4-8-12-17)20-14-18(15)16-9-5-3-6-10-16;1-13-11-18(15-5-3-2-4-6-15)20-12-17(13)14-7-9-16(19)10-8-14;1-14-12-18(16-10-6-3-7-11-16)19-13-17(14)15-8-4-2-5-9-15;4*1-2-6-10(7-3-1)11-8-4-5-9-12-11;;;;/h3-11,13-15H,1-2H3;3-11,13-14H,2H2,1H3;2-5,7-12H,1H3;2-10,12-13H,1H3;4*1-6,8-9H;;;;/q8*-1;;;;/i1D3,15D;;;;;;;;;;;. The van der Waals surface area contributed by atoms with Crippen LogP contribution >= 0.6 is 0 Å². The van der Waals surface area contributed by atoms with Gasteiger partial charge in [-0.2, -0.15) is 0 Å². The zero-order valence-electron chi connectivity index (χ0n) is 76.8. The Morgan fingerprint density at radius 1 is 0.265 bits per heavy atom. The first kappa shape index (κ1) is 95.9. The molecule has 0 saturated heterocycles. The Balaban J connectivity index is 0.000000176. The Morgan fingerprint density at radius 3 is 0.773 bits per heavy atom. The number of aryl methyl sites for hydroxylation is 3. The van der Waals surface area contributed by atoms with E-state index in [0.29, 0.717) is 16.8 Å². The van der Waals surface area contributed by atoms with Crippen molar-refractivity contribution in [2.24, 2.45) is 0 Å². The van der Waals surface area contributed by atoms with Gasteiger partial charge in [0, 0.05) is 158 Å². The van der Waals surface area contributed by atoms with E-state index < -0.39 is 12.7 Å². The Bertz CT molecular complexity index is 6320. The minimum atomic E-state index is -2.46. The third-order valence-electron chi connectivity index (χ3n) is 19.8. The third-order valence-corrected chi connectivity index (χ3v) is 19.8. The van der Waals surface area contributed by atoms with Gasteiger partial charge in [0.15, 0.2) is 0 Å². The maximum Gasteiger partial charge on any atom is 0.123 e. The van der Waals surface area contributed by atoms with Crippen LogP contribution in [0.5, 0.6) is 0 Å². The summed E-state index contributed by atoms with van der Waals surface area (Å²) in [4.78, 5) is 35.0. The second-order valence-electron chi connectivity index (χ2n) is 28.8. The van der Waals surface area contributed by atoms with E-state index in [4.69, 9.17) is 5.48 Å². The summed E-state index contributed by atoms with van der Waals surface area (Å²) >= 11 is 0. The molecule has 8 nitrogen and oxygen atoms in total. The van der Waals surface area contributed by atoms with Crippen molar-refractivity contribution in [1.29, 1.82) is 0 Å². The summed E-state index contributed by atoms with van der Waals surface area (Å²) in [6.07, 6.45) is 15.6. The molecule has 0 fully saturated rings. The van der Waals surface area contributed by atoms with Crippen molar-refractivity contribution in [3.63, 3.8) is 0 Å². The number of pyridine rings is 8. The molecule has 0 aliphatic heterocycles. The molecule has 20 aromatic rings. The maximum atomic E-state index is 13.0. The zero-order valence-corrected chi connectivity index (χ0v) is 82.4. The fraction of sp³-hybridized carbons (Fsp3) is 0.0588. The van der Waals surface area contributed by atoms with Crippen molar-refractivity contribution in [1.82, 2.24) is 39.9 Å². The molecule has 1 atom stereocenters. The Morgan fingerprint density at radius 2 is 0.508 bits per heavy atom. The number of nitrogens with zero attached hydrogens (tertiary/aromatic N) is 8. The van der Waals surface area contributed by atoms with Gasteiger partial charge in [0.2, 0.25) is 0 Å². The van der Waals surface area contributed by atoms with E-state index >= 15 is 0 Å². The summed E-state index contributed by atoms with van der Waals surface area (Å²) in [5.41, 5.74) is 27.7. The molecule has 0 saturated carbocycles. The molecule has 8 aromatic heterocycles. The molecule has 0 N–H and O–H groups in total. The van der Waals surface area contributed by atoms with Gasteiger partial charge in [-0.05, 0) is 153 Å². The van der Waals surface area contributed by atoms with E-state index in [9.17, 15) is 4.39 Å². The number of hydrogen-bond donors (Lipinski definition) is 0. The SMILES string of the molecule is CCc1cc(-c2[c-]cccc2)ncc1-c1ccccc1.Cc1cc(-c2[c-]cccc2)ncc1-c1ccc(F)cc1.Cc1cc(-c2[c-]cccc2)ncc1-c1ccccc1.[2H]C([2H])([2H])C([2H])(C)c1cc(-c2[c-]cccc2)ncc1-c1ccccc1.[Ir].[Ir].[Ir].[Ir].[c-]1ccccc1-c1ccccn1.[c-]1ccccc1-c1ccccn1.[c-]1ccccc1-c1ccccn1.[c-]1ccccc1-c1ccccn1. The van der Waals surface area contributed by atoms with Crippen molar-refractivity contribution >= 4 is 0 Å². The van der Waals surface area contributed by atoms with Gasteiger partial charge in [-0.15, -0.1) is 287 Å². The van der Waals surface area contributed by atoms with Crippen LogP contribution in [0.1, 0.15) is 54.3 Å². The zero-order chi connectivity index (χ0) is 91.8. The molecular weight excluding hydrogens is 2330 g/mol. The molecule has 20 rings (SSSR count). The van der Waals surface area contributed by atoms with E-state index in [1.807, 2.05) is 347 Å². The number of rotatable bonds is 14. The van der Waals surface area contributed by atoms with Gasteiger partial charge < -0.3 is 39.9 Å². The van der Waals surface area contributed by atoms with Crippen LogP contribution in [0.15, 0.2) is 456 Å². The maximum absolute atomic E-state index is 13.0. The first-order valence-electron chi connectivity index (χ1n) is 43.9. The van der Waals surface area contributed by atoms with Gasteiger partial charge in [0.05, 0.1) is 0 Å². The Kier molecular flexibility index (Phi) is 40.7.